The zero-order valence-corrected chi connectivity index (χ0v) is 16.5. The minimum atomic E-state index is -6.66. The lowest BCUT2D eigenvalue weighted by atomic mass is 9.96. The molecule has 0 amide bonds. The number of alkyl halides is 15. The van der Waals surface area contributed by atoms with Crippen LogP contribution in [0.1, 0.15) is 0 Å². The molecule has 0 radical (unpaired) electrons. The van der Waals surface area contributed by atoms with Gasteiger partial charge in [0.1, 0.15) is 6.07 Å². The summed E-state index contributed by atoms with van der Waals surface area (Å²) in [6.07, 6.45) is 0. The third-order valence-corrected chi connectivity index (χ3v) is 6.53. The summed E-state index contributed by atoms with van der Waals surface area (Å²) in [7, 11) is 0. The van der Waals surface area contributed by atoms with Crippen LogP contribution >= 0.6 is 63.7 Å². The number of hydrogen-bond acceptors (Lipinski definition) is 1. The van der Waals surface area contributed by atoms with Crippen LogP contribution in [0.4, 0.5) is 48.3 Å². The van der Waals surface area contributed by atoms with Gasteiger partial charge in [-0.15, -0.1) is 0 Å². The van der Waals surface area contributed by atoms with Gasteiger partial charge in [-0.2, -0.15) is 40.4 Å². The maximum absolute atomic E-state index is 13.9. The average molecular weight is 639 g/mol. The van der Waals surface area contributed by atoms with Gasteiger partial charge >= 0.3 is 31.8 Å². The number of nitrogens with zero attached hydrogens (tertiary/aromatic N) is 1. The van der Waals surface area contributed by atoms with Crippen molar-refractivity contribution in [3.8, 4) is 6.07 Å². The van der Waals surface area contributed by atoms with Crippen molar-refractivity contribution in [3.05, 3.63) is 0 Å². The maximum Gasteiger partial charge on any atom is 0.381 e. The summed E-state index contributed by atoms with van der Waals surface area (Å²) >= 11 is 3.71. The summed E-state index contributed by atoms with van der Waals surface area (Å²) < 4.78 is 129. The average Bonchev–Trinajstić information content (AvgIpc) is 2.36. The summed E-state index contributed by atoms with van der Waals surface area (Å²) in [6.45, 7) is 0. The zero-order chi connectivity index (χ0) is 20.2. The van der Waals surface area contributed by atoms with E-state index in [2.05, 4.69) is 0 Å². The highest BCUT2D eigenvalue weighted by molar-refractivity contribution is 9.13. The van der Waals surface area contributed by atoms with Crippen molar-refractivity contribution >= 4 is 63.7 Å². The van der Waals surface area contributed by atoms with Crippen LogP contribution in [-0.4, -0.2) is 36.3 Å². The van der Waals surface area contributed by atoms with Gasteiger partial charge in [-0.25, -0.2) is 13.2 Å². The fourth-order valence-corrected chi connectivity index (χ4v) is 3.00. The largest absolute Gasteiger partial charge is 0.381 e. The molecule has 0 aliphatic heterocycles. The normalized spacial score (nSPS) is 22.1. The Labute approximate surface area is 159 Å². The molecule has 0 aromatic rings. The van der Waals surface area contributed by atoms with Crippen LogP contribution in [-0.2, 0) is 0 Å². The molecule has 0 fully saturated rings. The van der Waals surface area contributed by atoms with Crippen LogP contribution < -0.4 is 0 Å². The summed E-state index contributed by atoms with van der Waals surface area (Å²) in [6, 6.07) is -0.350. The molecule has 16 heteroatoms. The van der Waals surface area contributed by atoms with E-state index in [0.29, 0.717) is 0 Å². The molecule has 0 N–H and O–H groups in total. The smallest absolute Gasteiger partial charge is 0.217 e. The number of halogens is 15. The van der Waals surface area contributed by atoms with Crippen LogP contribution in [0.15, 0.2) is 0 Å². The fraction of sp³-hybridized carbons (Fsp3) is 0.875. The predicted molar refractivity (Wildman–Crippen MR) is 72.6 cm³/mol. The third kappa shape index (κ3) is 3.19. The van der Waals surface area contributed by atoms with Crippen molar-refractivity contribution in [2.45, 2.75) is 36.3 Å². The standard InChI is InChI=1S/C8Br4F11N/c9-3(15,2(13,14)1-24)6(18,19)4(10,16)7(20,21)5(11,17)8(12,22)23/t3-,4+,5-/m1/s1. The van der Waals surface area contributed by atoms with E-state index in [-0.39, 0.29) is 6.07 Å². The van der Waals surface area contributed by atoms with Crippen molar-refractivity contribution in [1.82, 2.24) is 0 Å². The van der Waals surface area contributed by atoms with Gasteiger partial charge in [0.25, 0.3) is 4.58 Å². The Kier molecular flexibility index (Phi) is 6.53. The first-order chi connectivity index (χ1) is 10.1. The molecule has 3 atom stereocenters. The van der Waals surface area contributed by atoms with E-state index in [1.54, 1.807) is 0 Å². The lowest BCUT2D eigenvalue weighted by molar-refractivity contribution is -0.286. The SMILES string of the molecule is N#CC(F)(F)[C@](F)(Br)C(F)(F)[C@@](F)(Br)C(F)(F)[C@](F)(Br)C(F)(F)Br. The molecule has 24 heavy (non-hydrogen) atoms. The van der Waals surface area contributed by atoms with Crippen LogP contribution in [0, 0.1) is 11.3 Å². The monoisotopic (exact) mass is 635 g/mol. The molecule has 0 heterocycles. The van der Waals surface area contributed by atoms with E-state index in [9.17, 15) is 48.3 Å². The zero-order valence-electron chi connectivity index (χ0n) is 10.1. The molecule has 142 valence electrons. The minimum Gasteiger partial charge on any atom is -0.217 e. The first kappa shape index (κ1) is 24.6. The fourth-order valence-electron chi connectivity index (χ4n) is 1.04. The van der Waals surface area contributed by atoms with Crippen LogP contribution in [0.2, 0.25) is 0 Å². The molecule has 0 unspecified atom stereocenters. The van der Waals surface area contributed by atoms with Gasteiger partial charge in [-0.3, -0.25) is 0 Å². The molecule has 0 aromatic heterocycles. The molecule has 0 bridgehead atoms. The van der Waals surface area contributed by atoms with E-state index >= 15 is 0 Å². The summed E-state index contributed by atoms with van der Waals surface area (Å²) in [5, 5.41) is 7.91. The summed E-state index contributed by atoms with van der Waals surface area (Å²) in [4.78, 5) is -5.42. The van der Waals surface area contributed by atoms with Gasteiger partial charge in [0.05, 0.1) is 0 Å². The Balaban J connectivity index is 6.48. The van der Waals surface area contributed by atoms with E-state index in [1.165, 1.54) is 0 Å². The van der Waals surface area contributed by atoms with Gasteiger partial charge in [-0.1, -0.05) is 0 Å². The number of rotatable bonds is 6. The molecule has 0 spiro atoms. The second-order valence-corrected chi connectivity index (χ2v) is 8.33. The van der Waals surface area contributed by atoms with Gasteiger partial charge < -0.3 is 0 Å². The van der Waals surface area contributed by atoms with Crippen LogP contribution in [0.25, 0.3) is 0 Å². The predicted octanol–water partition coefficient (Wildman–Crippen LogP) is 6.59. The summed E-state index contributed by atoms with van der Waals surface area (Å²) in [5.74, 6) is -19.1. The molecule has 0 rings (SSSR count). The van der Waals surface area contributed by atoms with Crippen molar-refractivity contribution in [2.75, 3.05) is 0 Å². The van der Waals surface area contributed by atoms with E-state index in [4.69, 9.17) is 5.26 Å². The van der Waals surface area contributed by atoms with E-state index in [1.807, 2.05) is 0 Å². The topological polar surface area (TPSA) is 23.8 Å². The Morgan fingerprint density at radius 2 is 0.833 bits per heavy atom. The molecule has 1 nitrogen and oxygen atoms in total. The van der Waals surface area contributed by atoms with Crippen molar-refractivity contribution in [2.24, 2.45) is 0 Å². The molecular weight excluding hydrogens is 639 g/mol. The molecule has 0 aliphatic carbocycles. The molecule has 0 saturated carbocycles. The number of hydrogen-bond donors (Lipinski definition) is 0. The first-order valence-corrected chi connectivity index (χ1v) is 7.98. The Bertz CT molecular complexity index is 533. The van der Waals surface area contributed by atoms with E-state index < -0.39 is 36.3 Å². The Hall–Kier alpha value is 0.640. The molecule has 0 aromatic carbocycles. The Morgan fingerprint density at radius 3 is 1.08 bits per heavy atom. The second-order valence-electron chi connectivity index (χ2n) is 4.06. The van der Waals surface area contributed by atoms with Gasteiger partial charge in [0, 0.05) is 0 Å². The van der Waals surface area contributed by atoms with Crippen LogP contribution in [0.5, 0.6) is 0 Å². The van der Waals surface area contributed by atoms with E-state index in [0.717, 1.165) is 63.7 Å². The van der Waals surface area contributed by atoms with Gasteiger partial charge in [0.15, 0.2) is 0 Å². The second kappa shape index (κ2) is 6.36. The first-order valence-electron chi connectivity index (χ1n) is 4.81. The summed E-state index contributed by atoms with van der Waals surface area (Å²) in [5.41, 5.74) is 0. The van der Waals surface area contributed by atoms with Crippen molar-refractivity contribution in [1.29, 1.82) is 5.26 Å². The molecule has 0 saturated heterocycles. The van der Waals surface area contributed by atoms with Crippen molar-refractivity contribution in [3.63, 3.8) is 0 Å². The lowest BCUT2D eigenvalue weighted by Crippen LogP contribution is -2.70. The highest BCUT2D eigenvalue weighted by atomic mass is 79.9. The van der Waals surface area contributed by atoms with Gasteiger partial charge in [-0.05, 0) is 63.7 Å². The molecular formula is C8Br4F11N. The lowest BCUT2D eigenvalue weighted by Gasteiger charge is -2.44. The number of nitriles is 1. The van der Waals surface area contributed by atoms with Crippen molar-refractivity contribution < 1.29 is 48.3 Å². The highest BCUT2D eigenvalue weighted by Crippen LogP contribution is 2.66. The highest BCUT2D eigenvalue weighted by Gasteiger charge is 2.88. The van der Waals surface area contributed by atoms with Gasteiger partial charge in [0.2, 0.25) is 0 Å². The Morgan fingerprint density at radius 1 is 0.542 bits per heavy atom. The maximum atomic E-state index is 13.9. The van der Waals surface area contributed by atoms with Crippen LogP contribution in [0.3, 0.4) is 0 Å². The molecule has 0 aliphatic rings. The quantitative estimate of drug-likeness (QED) is 0.238. The third-order valence-electron chi connectivity index (χ3n) is 2.47. The minimum absolute atomic E-state index is 0.350.